The zero-order chi connectivity index (χ0) is 11.7. The van der Waals surface area contributed by atoms with Gasteiger partial charge < -0.3 is 4.98 Å². The molecule has 0 saturated heterocycles. The first-order valence-corrected chi connectivity index (χ1v) is 6.23. The van der Waals surface area contributed by atoms with E-state index in [0.717, 1.165) is 39.5 Å². The average Bonchev–Trinajstić information content (AvgIpc) is 2.26. The Morgan fingerprint density at radius 2 is 2.12 bits per heavy atom. The predicted octanol–water partition coefficient (Wildman–Crippen LogP) is 3.55. The Bertz CT molecular complexity index is 586. The molecule has 0 aliphatic rings. The van der Waals surface area contributed by atoms with Crippen LogP contribution in [0.15, 0.2) is 27.5 Å². The van der Waals surface area contributed by atoms with E-state index in [4.69, 9.17) is 0 Å². The number of aromatic amines is 1. The first-order chi connectivity index (χ1) is 7.63. The molecule has 0 aliphatic heterocycles. The summed E-state index contributed by atoms with van der Waals surface area (Å²) in [6, 6.07) is 5.76. The maximum Gasteiger partial charge on any atom is 0.192 e. The van der Waals surface area contributed by atoms with Crippen molar-refractivity contribution in [2.24, 2.45) is 0 Å². The van der Waals surface area contributed by atoms with Crippen LogP contribution in [0.4, 0.5) is 0 Å². The lowest BCUT2D eigenvalue weighted by molar-refractivity contribution is 0.895. The van der Waals surface area contributed by atoms with Gasteiger partial charge in [-0.15, -0.1) is 0 Å². The molecule has 1 heterocycles. The van der Waals surface area contributed by atoms with E-state index in [-0.39, 0.29) is 5.43 Å². The van der Waals surface area contributed by atoms with Gasteiger partial charge in [0.1, 0.15) is 0 Å². The van der Waals surface area contributed by atoms with E-state index in [1.54, 1.807) is 0 Å². The molecule has 0 unspecified atom stereocenters. The second-order valence-electron chi connectivity index (χ2n) is 4.00. The largest absolute Gasteiger partial charge is 0.358 e. The molecule has 0 aliphatic carbocycles. The quantitative estimate of drug-likeness (QED) is 0.896. The molecule has 2 nitrogen and oxygen atoms in total. The lowest BCUT2D eigenvalue weighted by atomic mass is 10.1. The Morgan fingerprint density at radius 3 is 2.81 bits per heavy atom. The summed E-state index contributed by atoms with van der Waals surface area (Å²) in [5.41, 5.74) is 2.97. The van der Waals surface area contributed by atoms with Crippen LogP contribution < -0.4 is 5.43 Å². The Morgan fingerprint density at radius 1 is 1.38 bits per heavy atom. The second-order valence-corrected chi connectivity index (χ2v) is 4.91. The Balaban J connectivity index is 2.80. The first-order valence-electron chi connectivity index (χ1n) is 5.44. The third-order valence-corrected chi connectivity index (χ3v) is 3.27. The van der Waals surface area contributed by atoms with Gasteiger partial charge in [-0.25, -0.2) is 0 Å². The molecule has 2 aromatic rings. The summed E-state index contributed by atoms with van der Waals surface area (Å²) in [5.74, 6) is 0. The smallest absolute Gasteiger partial charge is 0.192 e. The highest BCUT2D eigenvalue weighted by atomic mass is 79.9. The van der Waals surface area contributed by atoms with Crippen molar-refractivity contribution < 1.29 is 0 Å². The summed E-state index contributed by atoms with van der Waals surface area (Å²) in [6.45, 7) is 4.05. The van der Waals surface area contributed by atoms with Crippen LogP contribution in [0.1, 0.15) is 24.6 Å². The van der Waals surface area contributed by atoms with Gasteiger partial charge in [0.25, 0.3) is 0 Å². The molecule has 1 N–H and O–H groups in total. The van der Waals surface area contributed by atoms with Crippen LogP contribution in [0.25, 0.3) is 10.9 Å². The summed E-state index contributed by atoms with van der Waals surface area (Å²) < 4.78 is 0.941. The fourth-order valence-electron chi connectivity index (χ4n) is 1.97. The van der Waals surface area contributed by atoms with Gasteiger partial charge in [0.2, 0.25) is 0 Å². The maximum atomic E-state index is 12.3. The molecular formula is C13H14BrNO. The van der Waals surface area contributed by atoms with Crippen molar-refractivity contribution in [1.29, 1.82) is 0 Å². The molecule has 0 saturated carbocycles. The summed E-state index contributed by atoms with van der Waals surface area (Å²) in [5, 5.41) is 0.767. The van der Waals surface area contributed by atoms with Crippen LogP contribution in [0.5, 0.6) is 0 Å². The van der Waals surface area contributed by atoms with Crippen molar-refractivity contribution in [3.05, 3.63) is 44.2 Å². The molecule has 0 spiro atoms. The fourth-order valence-corrected chi connectivity index (χ4v) is 2.34. The minimum Gasteiger partial charge on any atom is -0.358 e. The van der Waals surface area contributed by atoms with Gasteiger partial charge in [-0.05, 0) is 31.5 Å². The number of pyridine rings is 1. The molecule has 3 heteroatoms. The number of rotatable bonds is 2. The van der Waals surface area contributed by atoms with E-state index in [1.807, 2.05) is 25.1 Å². The van der Waals surface area contributed by atoms with E-state index in [9.17, 15) is 4.79 Å². The minimum absolute atomic E-state index is 0.161. The molecule has 0 radical (unpaired) electrons. The van der Waals surface area contributed by atoms with Crippen LogP contribution in [-0.2, 0) is 6.42 Å². The first kappa shape index (κ1) is 11.4. The van der Waals surface area contributed by atoms with E-state index < -0.39 is 0 Å². The molecule has 0 atom stereocenters. The van der Waals surface area contributed by atoms with Gasteiger partial charge in [-0.2, -0.15) is 0 Å². The van der Waals surface area contributed by atoms with Gasteiger partial charge in [0, 0.05) is 26.6 Å². The third kappa shape index (κ3) is 1.92. The number of aromatic nitrogens is 1. The lowest BCUT2D eigenvalue weighted by Crippen LogP contribution is -2.13. The molecule has 0 bridgehead atoms. The normalized spacial score (nSPS) is 10.9. The highest BCUT2D eigenvalue weighted by Crippen LogP contribution is 2.17. The molecule has 1 aromatic carbocycles. The van der Waals surface area contributed by atoms with Gasteiger partial charge in [-0.3, -0.25) is 4.79 Å². The number of halogens is 1. The lowest BCUT2D eigenvalue weighted by Gasteiger charge is -2.07. The number of benzene rings is 1. The predicted molar refractivity (Wildman–Crippen MR) is 71.0 cm³/mol. The van der Waals surface area contributed by atoms with Crippen LogP contribution in [0.3, 0.4) is 0 Å². The van der Waals surface area contributed by atoms with Gasteiger partial charge >= 0.3 is 0 Å². The summed E-state index contributed by atoms with van der Waals surface area (Å²) in [6.07, 6.45) is 1.83. The number of hydrogen-bond donors (Lipinski definition) is 1. The van der Waals surface area contributed by atoms with Crippen LogP contribution in [-0.4, -0.2) is 4.98 Å². The van der Waals surface area contributed by atoms with Crippen molar-refractivity contribution in [3.8, 4) is 0 Å². The Hall–Kier alpha value is -1.09. The highest BCUT2D eigenvalue weighted by molar-refractivity contribution is 9.10. The number of H-pyrrole nitrogens is 1. The minimum atomic E-state index is 0.161. The Labute approximate surface area is 103 Å². The topological polar surface area (TPSA) is 32.9 Å². The van der Waals surface area contributed by atoms with Gasteiger partial charge in [-0.1, -0.05) is 29.3 Å². The second kappa shape index (κ2) is 4.42. The number of nitrogens with one attached hydrogen (secondary N) is 1. The van der Waals surface area contributed by atoms with E-state index >= 15 is 0 Å². The van der Waals surface area contributed by atoms with E-state index in [1.165, 1.54) is 0 Å². The van der Waals surface area contributed by atoms with Gasteiger partial charge in [0.15, 0.2) is 5.43 Å². The van der Waals surface area contributed by atoms with Crippen molar-refractivity contribution in [1.82, 2.24) is 4.98 Å². The van der Waals surface area contributed by atoms with E-state index in [0.29, 0.717) is 0 Å². The van der Waals surface area contributed by atoms with Gasteiger partial charge in [0.05, 0.1) is 0 Å². The monoisotopic (exact) mass is 279 g/mol. The van der Waals surface area contributed by atoms with Crippen LogP contribution >= 0.6 is 15.9 Å². The molecule has 2 rings (SSSR count). The standard InChI is InChI=1S/C13H14BrNO/c1-3-4-10-8(2)15-12-6-5-9(14)7-11(12)13(10)16/h5-7H,3-4H2,1-2H3,(H,15,16). The molecule has 16 heavy (non-hydrogen) atoms. The van der Waals surface area contributed by atoms with Crippen molar-refractivity contribution in [3.63, 3.8) is 0 Å². The van der Waals surface area contributed by atoms with E-state index in [2.05, 4.69) is 27.8 Å². The zero-order valence-corrected chi connectivity index (χ0v) is 11.0. The molecular weight excluding hydrogens is 266 g/mol. The van der Waals surface area contributed by atoms with Crippen molar-refractivity contribution in [2.75, 3.05) is 0 Å². The SMILES string of the molecule is CCCc1c(C)[nH]c2ccc(Br)cc2c1=O. The highest BCUT2D eigenvalue weighted by Gasteiger charge is 2.08. The van der Waals surface area contributed by atoms with Crippen LogP contribution in [0.2, 0.25) is 0 Å². The molecule has 0 amide bonds. The molecule has 84 valence electrons. The number of aryl methyl sites for hydroxylation is 1. The zero-order valence-electron chi connectivity index (χ0n) is 9.43. The summed E-state index contributed by atoms with van der Waals surface area (Å²) >= 11 is 3.40. The molecule has 1 aromatic heterocycles. The van der Waals surface area contributed by atoms with Crippen LogP contribution in [0, 0.1) is 6.92 Å². The number of hydrogen-bond acceptors (Lipinski definition) is 1. The number of fused-ring (bicyclic) bond motifs is 1. The summed E-state index contributed by atoms with van der Waals surface area (Å²) in [4.78, 5) is 15.5. The molecule has 0 fully saturated rings. The van der Waals surface area contributed by atoms with Crippen molar-refractivity contribution in [2.45, 2.75) is 26.7 Å². The average molecular weight is 280 g/mol. The van der Waals surface area contributed by atoms with Crippen molar-refractivity contribution >= 4 is 26.8 Å². The maximum absolute atomic E-state index is 12.3. The third-order valence-electron chi connectivity index (χ3n) is 2.78. The fraction of sp³-hybridized carbons (Fsp3) is 0.308. The Kier molecular flexibility index (Phi) is 3.15. The summed E-state index contributed by atoms with van der Waals surface area (Å²) in [7, 11) is 0.